The Bertz CT molecular complexity index is 814. The third-order valence-corrected chi connectivity index (χ3v) is 4.55. The van der Waals surface area contributed by atoms with Crippen molar-refractivity contribution >= 4 is 5.91 Å². The molecular formula is C20H26N4O2. The molecule has 138 valence electrons. The Kier molecular flexibility index (Phi) is 4.96. The molecule has 2 heterocycles. The maximum Gasteiger partial charge on any atom is 0.242 e. The molecule has 2 N–H and O–H groups in total. The number of carbonyl (C=O) groups is 1. The van der Waals surface area contributed by atoms with E-state index in [1.54, 1.807) is 18.7 Å². The Morgan fingerprint density at radius 1 is 1.27 bits per heavy atom. The van der Waals surface area contributed by atoms with Crippen molar-refractivity contribution in [1.82, 2.24) is 14.9 Å². The highest BCUT2D eigenvalue weighted by molar-refractivity contribution is 5.85. The second-order valence-electron chi connectivity index (χ2n) is 7.53. The summed E-state index contributed by atoms with van der Waals surface area (Å²) < 4.78 is 5.97. The van der Waals surface area contributed by atoms with Crippen molar-refractivity contribution in [2.24, 2.45) is 5.73 Å². The minimum absolute atomic E-state index is 0.0379. The van der Waals surface area contributed by atoms with Crippen LogP contribution >= 0.6 is 0 Å². The first-order valence-corrected chi connectivity index (χ1v) is 8.91. The number of benzene rings is 1. The first kappa shape index (κ1) is 18.3. The van der Waals surface area contributed by atoms with Crippen LogP contribution in [0, 0.1) is 13.8 Å². The van der Waals surface area contributed by atoms with Crippen LogP contribution in [0.3, 0.4) is 0 Å². The third-order valence-electron chi connectivity index (χ3n) is 4.55. The number of aryl methyl sites for hydroxylation is 2. The molecule has 1 fully saturated rings. The zero-order valence-electron chi connectivity index (χ0n) is 15.8. The minimum atomic E-state index is -0.860. The van der Waals surface area contributed by atoms with E-state index in [-0.39, 0.29) is 11.8 Å². The monoisotopic (exact) mass is 354 g/mol. The van der Waals surface area contributed by atoms with Gasteiger partial charge in [0.2, 0.25) is 11.8 Å². The molecule has 0 radical (unpaired) electrons. The molecule has 0 saturated carbocycles. The van der Waals surface area contributed by atoms with Gasteiger partial charge in [0.1, 0.15) is 11.6 Å². The van der Waals surface area contributed by atoms with Crippen molar-refractivity contribution in [3.63, 3.8) is 0 Å². The summed E-state index contributed by atoms with van der Waals surface area (Å²) in [4.78, 5) is 23.4. The number of nitrogens with two attached hydrogens (primary N) is 1. The van der Waals surface area contributed by atoms with Crippen LogP contribution in [0.1, 0.15) is 43.3 Å². The molecule has 1 saturated heterocycles. The zero-order valence-corrected chi connectivity index (χ0v) is 15.8. The summed E-state index contributed by atoms with van der Waals surface area (Å²) >= 11 is 0. The molecule has 1 atom stereocenters. The molecule has 1 aliphatic heterocycles. The highest BCUT2D eigenvalue weighted by Gasteiger charge is 2.35. The third kappa shape index (κ3) is 4.02. The Morgan fingerprint density at radius 3 is 2.69 bits per heavy atom. The highest BCUT2D eigenvalue weighted by Crippen LogP contribution is 2.29. The molecule has 0 spiro atoms. The van der Waals surface area contributed by atoms with Gasteiger partial charge in [0.05, 0.1) is 5.54 Å². The average molecular weight is 354 g/mol. The quantitative estimate of drug-likeness (QED) is 0.913. The number of carbonyl (C=O) groups excluding carboxylic acids is 1. The molecule has 2 aromatic rings. The maximum absolute atomic E-state index is 12.4. The molecule has 1 aliphatic rings. The van der Waals surface area contributed by atoms with Gasteiger partial charge in [0, 0.05) is 30.8 Å². The van der Waals surface area contributed by atoms with Gasteiger partial charge in [0.25, 0.3) is 0 Å². The molecule has 1 aromatic carbocycles. The van der Waals surface area contributed by atoms with Gasteiger partial charge in [-0.3, -0.25) is 4.79 Å². The van der Waals surface area contributed by atoms with Crippen LogP contribution in [-0.2, 0) is 4.79 Å². The lowest BCUT2D eigenvalue weighted by molar-refractivity contribution is -0.134. The molecule has 6 heteroatoms. The highest BCUT2D eigenvalue weighted by atomic mass is 16.5. The number of hydrogen-bond donors (Lipinski definition) is 1. The van der Waals surface area contributed by atoms with E-state index in [1.807, 2.05) is 44.2 Å². The van der Waals surface area contributed by atoms with Gasteiger partial charge in [-0.05, 0) is 45.7 Å². The zero-order chi connectivity index (χ0) is 18.9. The van der Waals surface area contributed by atoms with Gasteiger partial charge in [-0.1, -0.05) is 18.2 Å². The Hall–Kier alpha value is -2.47. The van der Waals surface area contributed by atoms with Gasteiger partial charge in [-0.2, -0.15) is 4.98 Å². The SMILES string of the molecule is Cc1cc(Oc2ccccc2C)nc([C@H]2CCN(C(=O)C(C)(C)N)C2)n1. The molecular weight excluding hydrogens is 328 g/mol. The summed E-state index contributed by atoms with van der Waals surface area (Å²) in [6.45, 7) is 8.66. The van der Waals surface area contributed by atoms with Gasteiger partial charge in [-0.15, -0.1) is 0 Å². The van der Waals surface area contributed by atoms with Crippen molar-refractivity contribution in [3.05, 3.63) is 47.4 Å². The number of hydrogen-bond acceptors (Lipinski definition) is 5. The van der Waals surface area contributed by atoms with E-state index in [4.69, 9.17) is 10.5 Å². The van der Waals surface area contributed by atoms with Crippen LogP contribution in [0.5, 0.6) is 11.6 Å². The predicted molar refractivity (Wildman–Crippen MR) is 100 cm³/mol. The minimum Gasteiger partial charge on any atom is -0.439 e. The number of ether oxygens (including phenoxy) is 1. The van der Waals surface area contributed by atoms with Crippen LogP contribution in [0.25, 0.3) is 0 Å². The van der Waals surface area contributed by atoms with Crippen LogP contribution in [0.2, 0.25) is 0 Å². The first-order valence-electron chi connectivity index (χ1n) is 8.91. The summed E-state index contributed by atoms with van der Waals surface area (Å²) in [6.07, 6.45) is 0.828. The second-order valence-corrected chi connectivity index (χ2v) is 7.53. The number of para-hydroxylation sites is 1. The Labute approximate surface area is 154 Å². The number of aromatic nitrogens is 2. The van der Waals surface area contributed by atoms with E-state index in [1.165, 1.54) is 0 Å². The molecule has 26 heavy (non-hydrogen) atoms. The van der Waals surface area contributed by atoms with Crippen molar-refractivity contribution in [2.75, 3.05) is 13.1 Å². The fraction of sp³-hybridized carbons (Fsp3) is 0.450. The lowest BCUT2D eigenvalue weighted by atomic mass is 10.1. The van der Waals surface area contributed by atoms with Crippen LogP contribution in [0.4, 0.5) is 0 Å². The molecule has 0 bridgehead atoms. The number of amides is 1. The fourth-order valence-electron chi connectivity index (χ4n) is 3.14. The standard InChI is InChI=1S/C20H26N4O2/c1-13-7-5-6-8-16(13)26-17-11-14(2)22-18(23-17)15-9-10-24(12-15)19(25)20(3,4)21/h5-8,11,15H,9-10,12,21H2,1-4H3/t15-/m0/s1. The summed E-state index contributed by atoms with van der Waals surface area (Å²) in [7, 11) is 0. The average Bonchev–Trinajstić information content (AvgIpc) is 3.05. The summed E-state index contributed by atoms with van der Waals surface area (Å²) in [5.74, 6) is 2.10. The van der Waals surface area contributed by atoms with E-state index >= 15 is 0 Å². The molecule has 3 rings (SSSR count). The fourth-order valence-corrected chi connectivity index (χ4v) is 3.14. The van der Waals surface area contributed by atoms with Gasteiger partial charge in [-0.25, -0.2) is 4.98 Å². The normalized spacial score (nSPS) is 17.4. The largest absolute Gasteiger partial charge is 0.439 e. The van der Waals surface area contributed by atoms with E-state index in [9.17, 15) is 4.79 Å². The van der Waals surface area contributed by atoms with Gasteiger partial charge in [0.15, 0.2) is 0 Å². The van der Waals surface area contributed by atoms with Gasteiger partial charge < -0.3 is 15.4 Å². The second kappa shape index (κ2) is 7.03. The lowest BCUT2D eigenvalue weighted by Crippen LogP contribution is -2.50. The van der Waals surface area contributed by atoms with Crippen LogP contribution in [-0.4, -0.2) is 39.4 Å². The molecule has 0 aliphatic carbocycles. The lowest BCUT2D eigenvalue weighted by Gasteiger charge is -2.25. The summed E-state index contributed by atoms with van der Waals surface area (Å²) in [6, 6.07) is 9.66. The molecule has 0 unspecified atom stereocenters. The van der Waals surface area contributed by atoms with E-state index in [2.05, 4.69) is 9.97 Å². The topological polar surface area (TPSA) is 81.3 Å². The summed E-state index contributed by atoms with van der Waals surface area (Å²) in [5, 5.41) is 0. The predicted octanol–water partition coefficient (Wildman–Crippen LogP) is 2.94. The number of likely N-dealkylation sites (tertiary alicyclic amines) is 1. The maximum atomic E-state index is 12.4. The first-order chi connectivity index (χ1) is 12.2. The van der Waals surface area contributed by atoms with Crippen LogP contribution < -0.4 is 10.5 Å². The van der Waals surface area contributed by atoms with E-state index in [0.29, 0.717) is 19.0 Å². The van der Waals surface area contributed by atoms with E-state index in [0.717, 1.165) is 29.3 Å². The Morgan fingerprint density at radius 2 is 2.00 bits per heavy atom. The molecule has 1 aromatic heterocycles. The van der Waals surface area contributed by atoms with Crippen molar-refractivity contribution in [3.8, 4) is 11.6 Å². The smallest absolute Gasteiger partial charge is 0.242 e. The summed E-state index contributed by atoms with van der Waals surface area (Å²) in [5.41, 5.74) is 6.99. The number of nitrogens with zero attached hydrogens (tertiary/aromatic N) is 3. The van der Waals surface area contributed by atoms with E-state index < -0.39 is 5.54 Å². The Balaban J connectivity index is 1.78. The number of rotatable bonds is 4. The van der Waals surface area contributed by atoms with Crippen molar-refractivity contribution in [2.45, 2.75) is 45.6 Å². The van der Waals surface area contributed by atoms with Crippen LogP contribution in [0.15, 0.2) is 30.3 Å². The van der Waals surface area contributed by atoms with Gasteiger partial charge >= 0.3 is 0 Å². The molecule has 1 amide bonds. The van der Waals surface area contributed by atoms with Crippen molar-refractivity contribution in [1.29, 1.82) is 0 Å². The van der Waals surface area contributed by atoms with Crippen molar-refractivity contribution < 1.29 is 9.53 Å². The molecule has 6 nitrogen and oxygen atoms in total.